The van der Waals surface area contributed by atoms with Crippen molar-refractivity contribution in [3.8, 4) is 0 Å². The zero-order valence-corrected chi connectivity index (χ0v) is 9.75. The van der Waals surface area contributed by atoms with Crippen molar-refractivity contribution in [2.75, 3.05) is 34.4 Å². The molecular formula is C11H24N2O. The monoisotopic (exact) mass is 200 g/mol. The lowest BCUT2D eigenvalue weighted by molar-refractivity contribution is 0.136. The third-order valence-electron chi connectivity index (χ3n) is 3.23. The fraction of sp³-hybridized carbons (Fsp3) is 1.00. The average molecular weight is 200 g/mol. The summed E-state index contributed by atoms with van der Waals surface area (Å²) in [5.74, 6) is 0. The van der Waals surface area contributed by atoms with Crippen molar-refractivity contribution in [2.45, 2.75) is 37.8 Å². The quantitative estimate of drug-likeness (QED) is 0.695. The Morgan fingerprint density at radius 3 is 2.57 bits per heavy atom. The Morgan fingerprint density at radius 1 is 1.43 bits per heavy atom. The molecular weight excluding hydrogens is 176 g/mol. The fourth-order valence-corrected chi connectivity index (χ4v) is 2.27. The van der Waals surface area contributed by atoms with E-state index in [2.05, 4.69) is 17.3 Å². The first-order valence-corrected chi connectivity index (χ1v) is 5.64. The van der Waals surface area contributed by atoms with Crippen LogP contribution in [-0.2, 0) is 4.74 Å². The predicted molar refractivity (Wildman–Crippen MR) is 59.6 cm³/mol. The molecule has 1 aliphatic carbocycles. The van der Waals surface area contributed by atoms with Gasteiger partial charge in [0.25, 0.3) is 0 Å². The highest BCUT2D eigenvalue weighted by molar-refractivity contribution is 4.78. The molecule has 0 heterocycles. The highest BCUT2D eigenvalue weighted by Gasteiger charge is 2.21. The summed E-state index contributed by atoms with van der Waals surface area (Å²) in [6.07, 6.45) is 5.56. The summed E-state index contributed by atoms with van der Waals surface area (Å²) in [5.41, 5.74) is 0. The van der Waals surface area contributed by atoms with E-state index < -0.39 is 0 Å². The second-order valence-electron chi connectivity index (χ2n) is 4.32. The Kier molecular flexibility index (Phi) is 5.45. The Hall–Kier alpha value is -0.120. The molecule has 1 unspecified atom stereocenters. The lowest BCUT2D eigenvalue weighted by Gasteiger charge is -2.28. The van der Waals surface area contributed by atoms with E-state index >= 15 is 0 Å². The molecule has 1 N–H and O–H groups in total. The van der Waals surface area contributed by atoms with Crippen LogP contribution in [0.3, 0.4) is 0 Å². The molecule has 1 fully saturated rings. The number of hydrogen-bond acceptors (Lipinski definition) is 3. The van der Waals surface area contributed by atoms with Crippen LogP contribution >= 0.6 is 0 Å². The van der Waals surface area contributed by atoms with Crippen LogP contribution in [0.2, 0.25) is 0 Å². The van der Waals surface area contributed by atoms with E-state index in [0.29, 0.717) is 6.04 Å². The molecule has 0 aromatic rings. The normalized spacial score (nSPS) is 20.6. The minimum atomic E-state index is 0.464. The number of rotatable bonds is 6. The minimum absolute atomic E-state index is 0.464. The van der Waals surface area contributed by atoms with E-state index in [9.17, 15) is 0 Å². The van der Waals surface area contributed by atoms with Gasteiger partial charge in [-0.15, -0.1) is 0 Å². The van der Waals surface area contributed by atoms with Crippen molar-refractivity contribution in [3.63, 3.8) is 0 Å². The summed E-state index contributed by atoms with van der Waals surface area (Å²) < 4.78 is 5.17. The zero-order chi connectivity index (χ0) is 10.4. The van der Waals surface area contributed by atoms with Crippen LogP contribution in [0.15, 0.2) is 0 Å². The third kappa shape index (κ3) is 3.56. The molecule has 14 heavy (non-hydrogen) atoms. The smallest absolute Gasteiger partial charge is 0.0628 e. The number of likely N-dealkylation sites (N-methyl/N-ethyl adjacent to an activating group) is 2. The SMILES string of the molecule is CNC(COC)CN(C)C1CCCC1. The van der Waals surface area contributed by atoms with E-state index in [1.165, 1.54) is 25.7 Å². The molecule has 0 radical (unpaired) electrons. The Balaban J connectivity index is 2.25. The summed E-state index contributed by atoms with van der Waals surface area (Å²) in [7, 11) is 6.00. The van der Waals surface area contributed by atoms with Gasteiger partial charge in [0.05, 0.1) is 6.61 Å². The lowest BCUT2D eigenvalue weighted by atomic mass is 10.2. The summed E-state index contributed by atoms with van der Waals surface area (Å²) in [4.78, 5) is 2.48. The number of ether oxygens (including phenoxy) is 1. The van der Waals surface area contributed by atoms with Gasteiger partial charge in [-0.1, -0.05) is 12.8 Å². The Labute approximate surface area is 87.8 Å². The Morgan fingerprint density at radius 2 is 2.07 bits per heavy atom. The molecule has 3 heteroatoms. The van der Waals surface area contributed by atoms with Crippen LogP contribution in [0.5, 0.6) is 0 Å². The summed E-state index contributed by atoms with van der Waals surface area (Å²) in [6.45, 7) is 1.89. The molecule has 0 aromatic carbocycles. The van der Waals surface area contributed by atoms with Crippen molar-refractivity contribution in [1.82, 2.24) is 10.2 Å². The van der Waals surface area contributed by atoms with Crippen LogP contribution in [-0.4, -0.2) is 51.3 Å². The van der Waals surface area contributed by atoms with Crippen LogP contribution in [0.25, 0.3) is 0 Å². The molecule has 1 atom stereocenters. The van der Waals surface area contributed by atoms with Crippen LogP contribution < -0.4 is 5.32 Å². The van der Waals surface area contributed by atoms with E-state index in [-0.39, 0.29) is 0 Å². The predicted octanol–water partition coefficient (Wildman–Crippen LogP) is 1.10. The average Bonchev–Trinajstić information content (AvgIpc) is 2.69. The topological polar surface area (TPSA) is 24.5 Å². The standard InChI is InChI=1S/C11H24N2O/c1-12-10(9-14-3)8-13(2)11-6-4-5-7-11/h10-12H,4-9H2,1-3H3. The number of nitrogens with zero attached hydrogens (tertiary/aromatic N) is 1. The van der Waals surface area contributed by atoms with Crippen LogP contribution in [0, 0.1) is 0 Å². The second kappa shape index (κ2) is 6.38. The molecule has 3 nitrogen and oxygen atoms in total. The van der Waals surface area contributed by atoms with E-state index in [1.807, 2.05) is 7.05 Å². The first-order valence-electron chi connectivity index (χ1n) is 5.64. The van der Waals surface area contributed by atoms with Gasteiger partial charge in [-0.3, -0.25) is 0 Å². The van der Waals surface area contributed by atoms with Gasteiger partial charge < -0.3 is 15.0 Å². The van der Waals surface area contributed by atoms with E-state index in [4.69, 9.17) is 4.74 Å². The third-order valence-corrected chi connectivity index (χ3v) is 3.23. The molecule has 0 aromatic heterocycles. The summed E-state index contributed by atoms with van der Waals surface area (Å²) in [6, 6.07) is 1.27. The van der Waals surface area contributed by atoms with Crippen LogP contribution in [0.1, 0.15) is 25.7 Å². The molecule has 0 spiro atoms. The van der Waals surface area contributed by atoms with Gasteiger partial charge in [0, 0.05) is 25.7 Å². The first kappa shape index (κ1) is 12.0. The van der Waals surface area contributed by atoms with Gasteiger partial charge in [-0.05, 0) is 26.9 Å². The number of methoxy groups -OCH3 is 1. The van der Waals surface area contributed by atoms with Gasteiger partial charge in [0.15, 0.2) is 0 Å². The highest BCUT2D eigenvalue weighted by Crippen LogP contribution is 2.22. The molecule has 1 aliphatic rings. The Bertz CT molecular complexity index is 146. The molecule has 0 bridgehead atoms. The highest BCUT2D eigenvalue weighted by atomic mass is 16.5. The van der Waals surface area contributed by atoms with E-state index in [1.54, 1.807) is 7.11 Å². The minimum Gasteiger partial charge on any atom is -0.383 e. The van der Waals surface area contributed by atoms with Gasteiger partial charge in [0.1, 0.15) is 0 Å². The number of nitrogens with one attached hydrogen (secondary N) is 1. The molecule has 1 saturated carbocycles. The van der Waals surface area contributed by atoms with Gasteiger partial charge in [0.2, 0.25) is 0 Å². The maximum Gasteiger partial charge on any atom is 0.0628 e. The first-order chi connectivity index (χ1) is 6.77. The van der Waals surface area contributed by atoms with Crippen LogP contribution in [0.4, 0.5) is 0 Å². The van der Waals surface area contributed by atoms with Gasteiger partial charge in [-0.2, -0.15) is 0 Å². The largest absolute Gasteiger partial charge is 0.383 e. The maximum absolute atomic E-state index is 5.17. The molecule has 0 saturated heterocycles. The lowest BCUT2D eigenvalue weighted by Crippen LogP contribution is -2.43. The number of hydrogen-bond donors (Lipinski definition) is 1. The van der Waals surface area contributed by atoms with Crippen molar-refractivity contribution >= 4 is 0 Å². The molecule has 0 amide bonds. The van der Waals surface area contributed by atoms with Gasteiger partial charge in [-0.25, -0.2) is 0 Å². The van der Waals surface area contributed by atoms with Crippen molar-refractivity contribution < 1.29 is 4.74 Å². The van der Waals surface area contributed by atoms with Crippen molar-refractivity contribution in [3.05, 3.63) is 0 Å². The van der Waals surface area contributed by atoms with Crippen molar-refractivity contribution in [2.24, 2.45) is 0 Å². The summed E-state index contributed by atoms with van der Waals surface area (Å²) >= 11 is 0. The molecule has 84 valence electrons. The molecule has 0 aliphatic heterocycles. The maximum atomic E-state index is 5.17. The van der Waals surface area contributed by atoms with Crippen molar-refractivity contribution in [1.29, 1.82) is 0 Å². The zero-order valence-electron chi connectivity index (χ0n) is 9.75. The fourth-order valence-electron chi connectivity index (χ4n) is 2.27. The van der Waals surface area contributed by atoms with E-state index in [0.717, 1.165) is 19.2 Å². The second-order valence-corrected chi connectivity index (χ2v) is 4.32. The van der Waals surface area contributed by atoms with Gasteiger partial charge >= 0.3 is 0 Å². The molecule has 1 rings (SSSR count). The summed E-state index contributed by atoms with van der Waals surface area (Å²) in [5, 5.41) is 3.29.